The molecule has 7 heteroatoms. The molecule has 0 saturated carbocycles. The second-order valence-corrected chi connectivity index (χ2v) is 8.01. The molecule has 138 valence electrons. The summed E-state index contributed by atoms with van der Waals surface area (Å²) in [4.78, 5) is 24.1. The summed E-state index contributed by atoms with van der Waals surface area (Å²) in [7, 11) is 0. The van der Waals surface area contributed by atoms with Gasteiger partial charge in [-0.2, -0.15) is 0 Å². The Balaban J connectivity index is 1.76. The smallest absolute Gasteiger partial charge is 0.339 e. The lowest BCUT2D eigenvalue weighted by Crippen LogP contribution is -2.14. The molecule has 0 atom stereocenters. The van der Waals surface area contributed by atoms with E-state index in [2.05, 4.69) is 21.2 Å². The molecular weight excluding hydrogens is 450 g/mol. The van der Waals surface area contributed by atoms with Gasteiger partial charge < -0.3 is 10.4 Å². The molecule has 1 heterocycles. The van der Waals surface area contributed by atoms with Crippen LogP contribution in [0.2, 0.25) is 5.02 Å². The number of hydrogen-bond donors (Lipinski definition) is 2. The van der Waals surface area contributed by atoms with Gasteiger partial charge in [0.2, 0.25) is 5.91 Å². The van der Waals surface area contributed by atoms with Crippen LogP contribution in [-0.4, -0.2) is 17.0 Å². The Bertz CT molecular complexity index is 985. The summed E-state index contributed by atoms with van der Waals surface area (Å²) in [6, 6.07) is 14.7. The largest absolute Gasteiger partial charge is 0.478 e. The van der Waals surface area contributed by atoms with E-state index in [0.29, 0.717) is 22.0 Å². The number of anilines is 1. The molecule has 4 nitrogen and oxygen atoms in total. The molecule has 2 N–H and O–H groups in total. The monoisotopic (exact) mass is 463 g/mol. The van der Waals surface area contributed by atoms with Crippen molar-refractivity contribution in [2.45, 2.75) is 12.8 Å². The maximum absolute atomic E-state index is 12.3. The molecule has 1 amide bonds. The first-order valence-electron chi connectivity index (χ1n) is 8.09. The van der Waals surface area contributed by atoms with E-state index < -0.39 is 5.97 Å². The number of hydrogen-bond acceptors (Lipinski definition) is 3. The van der Waals surface area contributed by atoms with Crippen molar-refractivity contribution in [3.05, 3.63) is 74.5 Å². The highest BCUT2D eigenvalue weighted by molar-refractivity contribution is 9.10. The van der Waals surface area contributed by atoms with Crippen molar-refractivity contribution < 1.29 is 14.7 Å². The number of carbonyl (C=O) groups excluding carboxylic acids is 1. The van der Waals surface area contributed by atoms with Gasteiger partial charge in [0.15, 0.2) is 0 Å². The van der Waals surface area contributed by atoms with Gasteiger partial charge >= 0.3 is 5.97 Å². The van der Waals surface area contributed by atoms with E-state index in [1.54, 1.807) is 11.4 Å². The first-order chi connectivity index (χ1) is 13.0. The van der Waals surface area contributed by atoms with Gasteiger partial charge in [-0.3, -0.25) is 4.79 Å². The lowest BCUT2D eigenvalue weighted by molar-refractivity contribution is -0.116. The molecule has 0 spiro atoms. The fraction of sp³-hybridized carbons (Fsp3) is 0.100. The maximum Gasteiger partial charge on any atom is 0.339 e. The van der Waals surface area contributed by atoms with E-state index in [4.69, 9.17) is 11.6 Å². The number of carbonyl (C=O) groups is 2. The molecule has 0 aliphatic rings. The SMILES string of the molecule is O=C(CCc1ccccc1Cl)Nc1scc(-c2ccc(Br)cc2)c1C(=O)O. The van der Waals surface area contributed by atoms with Crippen molar-refractivity contribution >= 4 is 55.7 Å². The molecule has 3 rings (SSSR count). The van der Waals surface area contributed by atoms with E-state index in [9.17, 15) is 14.7 Å². The summed E-state index contributed by atoms with van der Waals surface area (Å²) in [6.07, 6.45) is 0.702. The van der Waals surface area contributed by atoms with E-state index in [0.717, 1.165) is 15.6 Å². The van der Waals surface area contributed by atoms with Crippen LogP contribution >= 0.6 is 38.9 Å². The van der Waals surface area contributed by atoms with Crippen LogP contribution in [0, 0.1) is 0 Å². The summed E-state index contributed by atoms with van der Waals surface area (Å²) in [6.45, 7) is 0. The molecule has 0 radical (unpaired) electrons. The van der Waals surface area contributed by atoms with Crippen LogP contribution in [0.15, 0.2) is 58.4 Å². The number of carboxylic acids is 1. The zero-order valence-electron chi connectivity index (χ0n) is 14.0. The fourth-order valence-corrected chi connectivity index (χ4v) is 4.11. The predicted molar refractivity (Wildman–Crippen MR) is 113 cm³/mol. The Morgan fingerprint density at radius 1 is 1.11 bits per heavy atom. The minimum Gasteiger partial charge on any atom is -0.478 e. The normalized spacial score (nSPS) is 10.6. The van der Waals surface area contributed by atoms with Gasteiger partial charge in [-0.25, -0.2) is 4.79 Å². The van der Waals surface area contributed by atoms with Gasteiger partial charge in [0.25, 0.3) is 0 Å². The Morgan fingerprint density at radius 3 is 2.48 bits per heavy atom. The van der Waals surface area contributed by atoms with Crippen LogP contribution in [0.3, 0.4) is 0 Å². The van der Waals surface area contributed by atoms with Gasteiger partial charge in [-0.15, -0.1) is 11.3 Å². The van der Waals surface area contributed by atoms with E-state index in [1.807, 2.05) is 42.5 Å². The minimum atomic E-state index is -1.07. The summed E-state index contributed by atoms with van der Waals surface area (Å²) < 4.78 is 0.909. The zero-order valence-corrected chi connectivity index (χ0v) is 17.2. The molecule has 0 saturated heterocycles. The molecule has 0 aliphatic carbocycles. The number of aryl methyl sites for hydroxylation is 1. The van der Waals surface area contributed by atoms with Crippen LogP contribution in [0.4, 0.5) is 5.00 Å². The number of carboxylic acid groups (broad SMARTS) is 1. The average Bonchev–Trinajstić information content (AvgIpc) is 3.05. The number of nitrogens with one attached hydrogen (secondary N) is 1. The number of benzene rings is 2. The van der Waals surface area contributed by atoms with E-state index in [-0.39, 0.29) is 17.9 Å². The Labute approximate surface area is 173 Å². The van der Waals surface area contributed by atoms with Gasteiger partial charge in [0.05, 0.1) is 0 Å². The van der Waals surface area contributed by atoms with Gasteiger partial charge in [0, 0.05) is 26.9 Å². The van der Waals surface area contributed by atoms with Crippen molar-refractivity contribution in [2.24, 2.45) is 0 Å². The molecular formula is C20H15BrClNO3S. The molecule has 0 bridgehead atoms. The summed E-state index contributed by atoms with van der Waals surface area (Å²) >= 11 is 10.7. The summed E-state index contributed by atoms with van der Waals surface area (Å²) in [5, 5.41) is 15.1. The Kier molecular flexibility index (Phi) is 6.31. The number of aromatic carboxylic acids is 1. The Morgan fingerprint density at radius 2 is 1.81 bits per heavy atom. The molecule has 0 aliphatic heterocycles. The van der Waals surface area contributed by atoms with Gasteiger partial charge in [-0.1, -0.05) is 57.9 Å². The molecule has 0 unspecified atom stereocenters. The van der Waals surface area contributed by atoms with Crippen LogP contribution in [0.5, 0.6) is 0 Å². The number of rotatable bonds is 6. The molecule has 2 aromatic carbocycles. The van der Waals surface area contributed by atoms with Crippen molar-refractivity contribution in [1.82, 2.24) is 0 Å². The molecule has 3 aromatic rings. The Hall–Kier alpha value is -2.15. The van der Waals surface area contributed by atoms with Crippen LogP contribution in [0.25, 0.3) is 11.1 Å². The summed E-state index contributed by atoms with van der Waals surface area (Å²) in [5.41, 5.74) is 2.35. The van der Waals surface area contributed by atoms with Gasteiger partial charge in [0.1, 0.15) is 10.6 Å². The molecule has 27 heavy (non-hydrogen) atoms. The van der Waals surface area contributed by atoms with Crippen molar-refractivity contribution in [3.63, 3.8) is 0 Å². The van der Waals surface area contributed by atoms with Crippen molar-refractivity contribution in [1.29, 1.82) is 0 Å². The quantitative estimate of drug-likeness (QED) is 0.463. The maximum atomic E-state index is 12.3. The lowest BCUT2D eigenvalue weighted by atomic mass is 10.0. The molecule has 1 aromatic heterocycles. The third-order valence-electron chi connectivity index (χ3n) is 3.99. The van der Waals surface area contributed by atoms with Crippen LogP contribution in [-0.2, 0) is 11.2 Å². The van der Waals surface area contributed by atoms with Crippen LogP contribution in [0.1, 0.15) is 22.3 Å². The first-order valence-corrected chi connectivity index (χ1v) is 10.1. The average molecular weight is 465 g/mol. The number of amides is 1. The van der Waals surface area contributed by atoms with Crippen molar-refractivity contribution in [3.8, 4) is 11.1 Å². The number of thiophene rings is 1. The second-order valence-electron chi connectivity index (χ2n) is 5.81. The first kappa shape index (κ1) is 19.6. The van der Waals surface area contributed by atoms with Gasteiger partial charge in [-0.05, 0) is 35.7 Å². The fourth-order valence-electron chi connectivity index (χ4n) is 2.64. The highest BCUT2D eigenvalue weighted by Gasteiger charge is 2.21. The number of halogens is 2. The predicted octanol–water partition coefficient (Wildman–Crippen LogP) is 6.10. The highest BCUT2D eigenvalue weighted by atomic mass is 79.9. The van der Waals surface area contributed by atoms with Crippen molar-refractivity contribution in [2.75, 3.05) is 5.32 Å². The standard InChI is InChI=1S/C20H15BrClNO3S/c21-14-8-5-12(6-9-14)15-11-27-19(18(15)20(25)26)23-17(24)10-7-13-3-1-2-4-16(13)22/h1-6,8-9,11H,7,10H2,(H,23,24)(H,25,26). The molecule has 0 fully saturated rings. The topological polar surface area (TPSA) is 66.4 Å². The summed E-state index contributed by atoms with van der Waals surface area (Å²) in [5.74, 6) is -1.32. The van der Waals surface area contributed by atoms with Crippen LogP contribution < -0.4 is 5.32 Å². The minimum absolute atomic E-state index is 0.105. The third-order valence-corrected chi connectivity index (χ3v) is 5.79. The lowest BCUT2D eigenvalue weighted by Gasteiger charge is -2.07. The van der Waals surface area contributed by atoms with E-state index in [1.165, 1.54) is 11.3 Å². The second kappa shape index (κ2) is 8.69. The van der Waals surface area contributed by atoms with E-state index >= 15 is 0 Å². The third kappa shape index (κ3) is 4.77. The highest BCUT2D eigenvalue weighted by Crippen LogP contribution is 2.36. The zero-order chi connectivity index (χ0) is 19.4.